The molecule has 4 aliphatic rings. The minimum absolute atomic E-state index is 0.00262. The van der Waals surface area contributed by atoms with E-state index < -0.39 is 109 Å². The first-order valence-corrected chi connectivity index (χ1v) is 19.2. The van der Waals surface area contributed by atoms with Crippen LogP contribution in [0.15, 0.2) is 66.8 Å². The van der Waals surface area contributed by atoms with Crippen molar-refractivity contribution >= 4 is 7.82 Å². The van der Waals surface area contributed by atoms with Gasteiger partial charge in [0.15, 0.2) is 0 Å². The minimum atomic E-state index is -5.25. The molecular weight excluding hydrogens is 791 g/mol. The number of hydrogen-bond acceptors (Lipinski definition) is 3. The molecule has 0 radical (unpaired) electrons. The number of phosphoric acid groups is 1. The second-order valence-electron chi connectivity index (χ2n) is 15.0. The number of phosphoric ester groups is 1. The van der Waals surface area contributed by atoms with Gasteiger partial charge >= 0.3 is 32.5 Å². The summed E-state index contributed by atoms with van der Waals surface area (Å²) in [5.41, 5.74) is -5.64. The number of allylic oxidation sites excluding steroid dienone is 4. The van der Waals surface area contributed by atoms with Crippen LogP contribution in [0.2, 0.25) is 0 Å². The smallest absolute Gasteiger partial charge is 0.404 e. The summed E-state index contributed by atoms with van der Waals surface area (Å²) in [7, 11) is -5.25. The van der Waals surface area contributed by atoms with E-state index in [1.54, 1.807) is 24.3 Å². The molecule has 0 spiro atoms. The van der Waals surface area contributed by atoms with Crippen LogP contribution < -0.4 is 4.52 Å². The van der Waals surface area contributed by atoms with Gasteiger partial charge in [0.2, 0.25) is 0 Å². The van der Waals surface area contributed by atoms with Crippen LogP contribution in [0, 0.1) is 23.7 Å². The summed E-state index contributed by atoms with van der Waals surface area (Å²) < 4.78 is 193. The van der Waals surface area contributed by atoms with Gasteiger partial charge < -0.3 is 4.52 Å². The number of hydrogen-bond donors (Lipinski definition) is 1. The average Bonchev–Trinajstić information content (AvgIpc) is 3.20. The van der Waals surface area contributed by atoms with Crippen LogP contribution in [0.3, 0.4) is 0 Å². The summed E-state index contributed by atoms with van der Waals surface area (Å²) >= 11 is 0. The van der Waals surface area contributed by atoms with Gasteiger partial charge in [-0.1, -0.05) is 49.4 Å². The van der Waals surface area contributed by atoms with Crippen molar-refractivity contribution in [1.82, 2.24) is 0 Å². The van der Waals surface area contributed by atoms with Gasteiger partial charge in [-0.15, -0.1) is 0 Å². The van der Waals surface area contributed by atoms with Gasteiger partial charge in [-0.25, -0.2) is 4.57 Å². The summed E-state index contributed by atoms with van der Waals surface area (Å²) in [5.74, 6) is -3.13. The average molecular weight is 825 g/mol. The van der Waals surface area contributed by atoms with E-state index in [1.807, 2.05) is 6.92 Å². The van der Waals surface area contributed by atoms with Crippen molar-refractivity contribution in [2.75, 3.05) is 0 Å². The van der Waals surface area contributed by atoms with Crippen LogP contribution >= 0.6 is 7.82 Å². The molecule has 3 aromatic rings. The molecule has 1 fully saturated rings. The number of rotatable bonds is 4. The third-order valence-electron chi connectivity index (χ3n) is 11.3. The fourth-order valence-corrected chi connectivity index (χ4v) is 10.0. The Morgan fingerprint density at radius 2 is 1.36 bits per heavy atom. The molecule has 0 amide bonds. The van der Waals surface area contributed by atoms with Crippen molar-refractivity contribution in [2.24, 2.45) is 23.7 Å². The van der Waals surface area contributed by atoms with Crippen LogP contribution in [0.5, 0.6) is 5.75 Å². The van der Waals surface area contributed by atoms with Crippen molar-refractivity contribution < 1.29 is 71.2 Å². The Bertz CT molecular complexity index is 2130. The summed E-state index contributed by atoms with van der Waals surface area (Å²) in [6.07, 6.45) is -14.7. The molecule has 6 unspecified atom stereocenters. The predicted octanol–water partition coefficient (Wildman–Crippen LogP) is 12.1. The Kier molecular flexibility index (Phi) is 10.1. The highest BCUT2D eigenvalue weighted by molar-refractivity contribution is 7.47. The standard InChI is InChI=1S/C39H33F12O4P/c1-19-6-11-29-23(12-19)16-25(15-22-8-10-27(37(43,44)45)18-31(22)39(49,50)51)35-33(29)32-28-5-3-2-4-20(28)13-24(34(32)54-56(52,53)55-35)14-21-7-9-26(36(40,41)42)17-30(21)38(46,47)48/h2-5,7-10,16-20,24,28,32,34H,6,11-15H2,1H3,(H,52,53)/t19?,20?,24?,28?,32-,34?/m1/s1. The molecule has 1 saturated carbocycles. The molecule has 0 aromatic heterocycles. The molecular formula is C39H33F12O4P. The maximum atomic E-state index is 14.3. The third kappa shape index (κ3) is 7.90. The van der Waals surface area contributed by atoms with Crippen LogP contribution in [0.1, 0.15) is 81.3 Å². The van der Waals surface area contributed by atoms with E-state index in [2.05, 4.69) is 0 Å². The molecule has 1 aliphatic heterocycles. The number of benzene rings is 3. The second-order valence-corrected chi connectivity index (χ2v) is 16.4. The molecule has 3 aliphatic carbocycles. The summed E-state index contributed by atoms with van der Waals surface area (Å²) in [6.45, 7) is 1.94. The quantitative estimate of drug-likeness (QED) is 0.210. The monoisotopic (exact) mass is 824 g/mol. The van der Waals surface area contributed by atoms with Gasteiger partial charge in [-0.3, -0.25) is 9.42 Å². The van der Waals surface area contributed by atoms with Gasteiger partial charge in [0.25, 0.3) is 0 Å². The zero-order valence-electron chi connectivity index (χ0n) is 29.2. The normalized spacial score (nSPS) is 27.8. The van der Waals surface area contributed by atoms with Crippen molar-refractivity contribution in [1.29, 1.82) is 0 Å². The fourth-order valence-electron chi connectivity index (χ4n) is 8.92. The Labute approximate surface area is 312 Å². The molecule has 7 rings (SSSR count). The van der Waals surface area contributed by atoms with Gasteiger partial charge in [-0.2, -0.15) is 52.7 Å². The maximum Gasteiger partial charge on any atom is 0.527 e. The number of fused-ring (bicyclic) bond motifs is 7. The van der Waals surface area contributed by atoms with Crippen molar-refractivity contribution in [3.05, 3.63) is 122 Å². The molecule has 0 saturated heterocycles. The van der Waals surface area contributed by atoms with E-state index in [0.717, 1.165) is 6.07 Å². The van der Waals surface area contributed by atoms with E-state index >= 15 is 0 Å². The first-order chi connectivity index (χ1) is 25.9. The zero-order chi connectivity index (χ0) is 40.7. The Morgan fingerprint density at radius 3 is 1.96 bits per heavy atom. The highest BCUT2D eigenvalue weighted by Gasteiger charge is 2.53. The van der Waals surface area contributed by atoms with Gasteiger partial charge in [0.05, 0.1) is 28.4 Å². The lowest BCUT2D eigenvalue weighted by atomic mass is 9.60. The van der Waals surface area contributed by atoms with Crippen LogP contribution in [0.25, 0.3) is 0 Å². The molecule has 302 valence electrons. The molecule has 7 atom stereocenters. The number of alkyl halides is 12. The Morgan fingerprint density at radius 1 is 0.768 bits per heavy atom. The van der Waals surface area contributed by atoms with Gasteiger partial charge in [0.1, 0.15) is 5.75 Å². The molecule has 56 heavy (non-hydrogen) atoms. The molecule has 0 bridgehead atoms. The summed E-state index contributed by atoms with van der Waals surface area (Å²) in [6, 6.07) is 3.99. The molecule has 1 N–H and O–H groups in total. The van der Waals surface area contributed by atoms with Crippen LogP contribution in [0.4, 0.5) is 52.7 Å². The Balaban J connectivity index is 1.42. The van der Waals surface area contributed by atoms with Gasteiger partial charge in [0, 0.05) is 17.9 Å². The van der Waals surface area contributed by atoms with E-state index in [-0.39, 0.29) is 35.8 Å². The molecule has 3 aromatic carbocycles. The van der Waals surface area contributed by atoms with Crippen molar-refractivity contribution in [3.8, 4) is 5.75 Å². The topological polar surface area (TPSA) is 55.8 Å². The van der Waals surface area contributed by atoms with Crippen LogP contribution in [-0.4, -0.2) is 11.0 Å². The highest BCUT2D eigenvalue weighted by atomic mass is 31.2. The lowest BCUT2D eigenvalue weighted by Crippen LogP contribution is -2.44. The van der Waals surface area contributed by atoms with Gasteiger partial charge in [-0.05, 0) is 108 Å². The highest BCUT2D eigenvalue weighted by Crippen LogP contribution is 2.62. The first-order valence-electron chi connectivity index (χ1n) is 17.7. The number of halogens is 12. The third-order valence-corrected chi connectivity index (χ3v) is 12.2. The lowest BCUT2D eigenvalue weighted by molar-refractivity contribution is -0.145. The Hall–Kier alpha value is -3.75. The summed E-state index contributed by atoms with van der Waals surface area (Å²) in [4.78, 5) is 11.2. The summed E-state index contributed by atoms with van der Waals surface area (Å²) in [5, 5.41) is 0. The van der Waals surface area contributed by atoms with E-state index in [0.29, 0.717) is 54.2 Å². The maximum absolute atomic E-state index is 14.3. The van der Waals surface area contributed by atoms with Crippen molar-refractivity contribution in [2.45, 2.75) is 82.2 Å². The van der Waals surface area contributed by atoms with Crippen LogP contribution in [-0.2, 0) is 59.5 Å². The second kappa shape index (κ2) is 14.0. The molecule has 1 heterocycles. The fraction of sp³-hybridized carbons (Fsp3) is 0.436. The van der Waals surface area contributed by atoms with E-state index in [4.69, 9.17) is 9.05 Å². The first kappa shape index (κ1) is 40.4. The largest absolute Gasteiger partial charge is 0.527 e. The lowest BCUT2D eigenvalue weighted by Gasteiger charge is -2.46. The zero-order valence-corrected chi connectivity index (χ0v) is 30.1. The molecule has 4 nitrogen and oxygen atoms in total. The van der Waals surface area contributed by atoms with E-state index in [9.17, 15) is 62.1 Å². The SMILES string of the molecule is CC1CCc2c(cc(Cc3ccc(C(F)(F)F)cc3C(F)(F)F)c3c2[C@H]2C4C=CC=CC4CC(Cc4ccc(C(F)(F)F)cc4C(F)(F)F)C2OP(=O)(O)O3)C1. The van der Waals surface area contributed by atoms with Crippen molar-refractivity contribution in [3.63, 3.8) is 0 Å². The predicted molar refractivity (Wildman–Crippen MR) is 178 cm³/mol. The molecule has 17 heteroatoms. The minimum Gasteiger partial charge on any atom is -0.404 e. The van der Waals surface area contributed by atoms with E-state index in [1.165, 1.54) is 6.07 Å².